The lowest BCUT2D eigenvalue weighted by molar-refractivity contribution is 0.00401. The Kier molecular flexibility index (Phi) is 4.93. The summed E-state index contributed by atoms with van der Waals surface area (Å²) in [6, 6.07) is 3.66. The van der Waals surface area contributed by atoms with Crippen LogP contribution in [0.5, 0.6) is 0 Å². The van der Waals surface area contributed by atoms with Gasteiger partial charge < -0.3 is 10.1 Å². The van der Waals surface area contributed by atoms with Crippen molar-refractivity contribution in [2.75, 3.05) is 11.9 Å². The molecule has 0 spiro atoms. The number of benzene rings is 1. The van der Waals surface area contributed by atoms with Gasteiger partial charge >= 0.3 is 0 Å². The van der Waals surface area contributed by atoms with Crippen LogP contribution in [0.3, 0.4) is 0 Å². The fraction of sp³-hybridized carbons (Fsp3) is 0.375. The molecular formula is C16H17ClFN3O2. The lowest BCUT2D eigenvalue weighted by Crippen LogP contribution is -2.24. The van der Waals surface area contributed by atoms with Crippen molar-refractivity contribution in [1.29, 1.82) is 0 Å². The number of nitrogens with one attached hydrogen (secondary N) is 1. The second-order valence-electron chi connectivity index (χ2n) is 5.52. The molecule has 7 heteroatoms. The van der Waals surface area contributed by atoms with E-state index in [9.17, 15) is 9.18 Å². The molecule has 1 saturated heterocycles. The van der Waals surface area contributed by atoms with E-state index in [0.29, 0.717) is 12.2 Å². The quantitative estimate of drug-likeness (QED) is 0.929. The summed E-state index contributed by atoms with van der Waals surface area (Å²) in [5, 5.41) is 7.00. The molecule has 1 atom stereocenters. The highest BCUT2D eigenvalue weighted by Crippen LogP contribution is 2.19. The molecule has 1 aromatic carbocycles. The topological polar surface area (TPSA) is 56.2 Å². The van der Waals surface area contributed by atoms with Gasteiger partial charge in [0.25, 0.3) is 5.91 Å². The molecule has 1 aliphatic heterocycles. The van der Waals surface area contributed by atoms with Gasteiger partial charge in [0.05, 0.1) is 35.1 Å². The summed E-state index contributed by atoms with van der Waals surface area (Å²) >= 11 is 5.89. The normalized spacial score (nSPS) is 17.9. The highest BCUT2D eigenvalue weighted by Gasteiger charge is 2.16. The van der Waals surface area contributed by atoms with Crippen molar-refractivity contribution < 1.29 is 13.9 Å². The van der Waals surface area contributed by atoms with Gasteiger partial charge in [-0.2, -0.15) is 5.10 Å². The van der Waals surface area contributed by atoms with Crippen LogP contribution in [0.2, 0.25) is 5.02 Å². The van der Waals surface area contributed by atoms with E-state index in [1.165, 1.54) is 18.6 Å². The molecule has 0 aliphatic carbocycles. The minimum atomic E-state index is -0.480. The average molecular weight is 338 g/mol. The Morgan fingerprint density at radius 2 is 2.35 bits per heavy atom. The van der Waals surface area contributed by atoms with Crippen molar-refractivity contribution in [2.24, 2.45) is 0 Å². The predicted octanol–water partition coefficient (Wildman–Crippen LogP) is 3.50. The van der Waals surface area contributed by atoms with Crippen LogP contribution in [-0.4, -0.2) is 28.4 Å². The van der Waals surface area contributed by atoms with E-state index in [-0.39, 0.29) is 16.7 Å². The van der Waals surface area contributed by atoms with Gasteiger partial charge in [-0.25, -0.2) is 4.39 Å². The van der Waals surface area contributed by atoms with E-state index in [2.05, 4.69) is 10.4 Å². The standard InChI is InChI=1S/C16H17ClFN3O2/c17-15-7-11(18)4-5-14(15)16(22)20-12-8-19-21(9-12)10-13-3-1-2-6-23-13/h4-5,7-9,13H,1-3,6,10H2,(H,20,22). The Labute approximate surface area is 138 Å². The predicted molar refractivity (Wildman–Crippen MR) is 85.2 cm³/mol. The lowest BCUT2D eigenvalue weighted by Gasteiger charge is -2.22. The maximum Gasteiger partial charge on any atom is 0.257 e. The van der Waals surface area contributed by atoms with Crippen molar-refractivity contribution in [3.05, 3.63) is 47.0 Å². The first-order valence-electron chi connectivity index (χ1n) is 7.52. The minimum Gasteiger partial charge on any atom is -0.376 e. The number of hydrogen-bond acceptors (Lipinski definition) is 3. The van der Waals surface area contributed by atoms with Crippen LogP contribution in [-0.2, 0) is 11.3 Å². The van der Waals surface area contributed by atoms with E-state index in [4.69, 9.17) is 16.3 Å². The first-order chi connectivity index (χ1) is 11.1. The molecule has 1 N–H and O–H groups in total. The van der Waals surface area contributed by atoms with Crippen molar-refractivity contribution in [2.45, 2.75) is 31.9 Å². The molecule has 2 heterocycles. The summed E-state index contributed by atoms with van der Waals surface area (Å²) < 4.78 is 20.4. The summed E-state index contributed by atoms with van der Waals surface area (Å²) in [6.07, 6.45) is 6.77. The molecule has 1 amide bonds. The maximum atomic E-state index is 13.0. The van der Waals surface area contributed by atoms with Crippen LogP contribution >= 0.6 is 11.6 Å². The number of halogens is 2. The van der Waals surface area contributed by atoms with Gasteiger partial charge in [-0.15, -0.1) is 0 Å². The first-order valence-corrected chi connectivity index (χ1v) is 7.90. The van der Waals surface area contributed by atoms with Gasteiger partial charge in [0.15, 0.2) is 0 Å². The zero-order valence-electron chi connectivity index (χ0n) is 12.5. The van der Waals surface area contributed by atoms with Crippen molar-refractivity contribution >= 4 is 23.2 Å². The van der Waals surface area contributed by atoms with Gasteiger partial charge in [-0.3, -0.25) is 9.48 Å². The number of anilines is 1. The zero-order chi connectivity index (χ0) is 16.2. The fourth-order valence-electron chi connectivity index (χ4n) is 2.56. The number of carbonyl (C=O) groups excluding carboxylic acids is 1. The number of carbonyl (C=O) groups is 1. The van der Waals surface area contributed by atoms with Crippen LogP contribution in [0.15, 0.2) is 30.6 Å². The summed E-state index contributed by atoms with van der Waals surface area (Å²) in [5.74, 6) is -0.879. The third kappa shape index (κ3) is 4.09. The zero-order valence-corrected chi connectivity index (χ0v) is 13.2. The van der Waals surface area contributed by atoms with Gasteiger partial charge in [0, 0.05) is 12.8 Å². The second kappa shape index (κ2) is 7.10. The lowest BCUT2D eigenvalue weighted by atomic mass is 10.1. The van der Waals surface area contributed by atoms with E-state index in [1.54, 1.807) is 17.1 Å². The number of hydrogen-bond donors (Lipinski definition) is 1. The van der Waals surface area contributed by atoms with Crippen LogP contribution < -0.4 is 5.32 Å². The van der Waals surface area contributed by atoms with E-state index in [0.717, 1.165) is 25.5 Å². The molecule has 0 saturated carbocycles. The molecule has 1 aliphatic rings. The largest absolute Gasteiger partial charge is 0.376 e. The van der Waals surface area contributed by atoms with E-state index >= 15 is 0 Å². The third-order valence-corrected chi connectivity index (χ3v) is 4.04. The van der Waals surface area contributed by atoms with Crippen LogP contribution in [0.1, 0.15) is 29.6 Å². The SMILES string of the molecule is O=C(Nc1cnn(CC2CCCCO2)c1)c1ccc(F)cc1Cl. The number of nitrogens with zero attached hydrogens (tertiary/aromatic N) is 2. The smallest absolute Gasteiger partial charge is 0.257 e. The molecule has 1 aromatic heterocycles. The summed E-state index contributed by atoms with van der Waals surface area (Å²) in [5.41, 5.74) is 0.780. The Morgan fingerprint density at radius 3 is 3.09 bits per heavy atom. The molecule has 122 valence electrons. The Bertz CT molecular complexity index is 698. The molecule has 1 fully saturated rings. The maximum absolute atomic E-state index is 13.0. The van der Waals surface area contributed by atoms with Gasteiger partial charge in [0.2, 0.25) is 0 Å². The molecule has 2 aromatic rings. The van der Waals surface area contributed by atoms with E-state index in [1.807, 2.05) is 0 Å². The summed E-state index contributed by atoms with van der Waals surface area (Å²) in [4.78, 5) is 12.2. The molecule has 5 nitrogen and oxygen atoms in total. The number of amides is 1. The van der Waals surface area contributed by atoms with Crippen LogP contribution in [0.25, 0.3) is 0 Å². The Morgan fingerprint density at radius 1 is 1.48 bits per heavy atom. The van der Waals surface area contributed by atoms with Gasteiger partial charge in [-0.05, 0) is 37.5 Å². The molecule has 1 unspecified atom stereocenters. The summed E-state index contributed by atoms with van der Waals surface area (Å²) in [7, 11) is 0. The van der Waals surface area contributed by atoms with E-state index < -0.39 is 11.7 Å². The van der Waals surface area contributed by atoms with Crippen LogP contribution in [0.4, 0.5) is 10.1 Å². The Balaban J connectivity index is 1.62. The van der Waals surface area contributed by atoms with Gasteiger partial charge in [-0.1, -0.05) is 11.6 Å². The minimum absolute atomic E-state index is 0.0745. The monoisotopic (exact) mass is 337 g/mol. The molecule has 3 rings (SSSR count). The fourth-order valence-corrected chi connectivity index (χ4v) is 2.81. The third-order valence-electron chi connectivity index (χ3n) is 3.73. The van der Waals surface area contributed by atoms with Crippen molar-refractivity contribution in [3.8, 4) is 0 Å². The van der Waals surface area contributed by atoms with Gasteiger partial charge in [0.1, 0.15) is 5.82 Å². The van der Waals surface area contributed by atoms with Crippen LogP contribution in [0, 0.1) is 5.82 Å². The Hall–Kier alpha value is -1.92. The number of ether oxygens (including phenoxy) is 1. The number of rotatable bonds is 4. The highest BCUT2D eigenvalue weighted by molar-refractivity contribution is 6.34. The molecule has 0 radical (unpaired) electrons. The molecule has 23 heavy (non-hydrogen) atoms. The highest BCUT2D eigenvalue weighted by atomic mass is 35.5. The summed E-state index contributed by atoms with van der Waals surface area (Å²) in [6.45, 7) is 1.45. The average Bonchev–Trinajstić information content (AvgIpc) is 2.95. The second-order valence-corrected chi connectivity index (χ2v) is 5.93. The van der Waals surface area contributed by atoms with Crippen molar-refractivity contribution in [3.63, 3.8) is 0 Å². The number of aromatic nitrogens is 2. The molecule has 0 bridgehead atoms. The molecular weight excluding hydrogens is 321 g/mol. The van der Waals surface area contributed by atoms with Crippen molar-refractivity contribution in [1.82, 2.24) is 9.78 Å². The first kappa shape index (κ1) is 16.0.